The van der Waals surface area contributed by atoms with Crippen LogP contribution in [0.4, 0.5) is 10.1 Å². The van der Waals surface area contributed by atoms with Gasteiger partial charge in [0, 0.05) is 29.0 Å². The van der Waals surface area contributed by atoms with Crippen LogP contribution < -0.4 is 4.72 Å². The molecule has 0 aliphatic carbocycles. The predicted octanol–water partition coefficient (Wildman–Crippen LogP) is 4.00. The molecule has 0 amide bonds. The zero-order valence-corrected chi connectivity index (χ0v) is 14.4. The Labute approximate surface area is 147 Å². The summed E-state index contributed by atoms with van der Waals surface area (Å²) in [5.74, 6) is -0.599. The highest BCUT2D eigenvalue weighted by atomic mass is 32.2. The molecule has 4 rings (SSSR count). The second-order valence-corrected chi connectivity index (χ2v) is 7.91. The van der Waals surface area contributed by atoms with Crippen LogP contribution in [-0.4, -0.2) is 17.8 Å². The minimum atomic E-state index is -3.83. The molecule has 0 bridgehead atoms. The summed E-state index contributed by atoms with van der Waals surface area (Å²) >= 11 is 1.54. The van der Waals surface area contributed by atoms with Crippen molar-refractivity contribution in [2.75, 3.05) is 4.72 Å². The van der Waals surface area contributed by atoms with Gasteiger partial charge in [0.15, 0.2) is 4.96 Å². The summed E-state index contributed by atoms with van der Waals surface area (Å²) in [6.07, 6.45) is 3.84. The second-order valence-electron chi connectivity index (χ2n) is 5.36. The van der Waals surface area contributed by atoms with E-state index >= 15 is 0 Å². The summed E-state index contributed by atoms with van der Waals surface area (Å²) in [7, 11) is -3.83. The number of fused-ring (bicyclic) bond motifs is 1. The molecule has 8 heteroatoms. The van der Waals surface area contributed by atoms with Gasteiger partial charge in [-0.25, -0.2) is 17.8 Å². The van der Waals surface area contributed by atoms with Gasteiger partial charge >= 0.3 is 0 Å². The number of sulfonamides is 1. The summed E-state index contributed by atoms with van der Waals surface area (Å²) in [6.45, 7) is 0. The van der Waals surface area contributed by atoms with Crippen molar-refractivity contribution in [2.24, 2.45) is 0 Å². The molecule has 0 unspecified atom stereocenters. The van der Waals surface area contributed by atoms with E-state index in [0.717, 1.165) is 22.3 Å². The average molecular weight is 373 g/mol. The molecular formula is C17H12FN3O2S2. The van der Waals surface area contributed by atoms with Crippen molar-refractivity contribution < 1.29 is 12.8 Å². The van der Waals surface area contributed by atoms with Gasteiger partial charge in [-0.1, -0.05) is 18.2 Å². The lowest BCUT2D eigenvalue weighted by Gasteiger charge is -2.08. The van der Waals surface area contributed by atoms with Crippen molar-refractivity contribution in [2.45, 2.75) is 4.90 Å². The molecule has 0 radical (unpaired) electrons. The van der Waals surface area contributed by atoms with Crippen molar-refractivity contribution in [3.05, 3.63) is 72.1 Å². The Morgan fingerprint density at radius 3 is 2.64 bits per heavy atom. The maximum Gasteiger partial charge on any atom is 0.261 e. The number of imidazole rings is 1. The van der Waals surface area contributed by atoms with Crippen LogP contribution in [0.2, 0.25) is 0 Å². The lowest BCUT2D eigenvalue weighted by Crippen LogP contribution is -2.13. The number of nitrogens with one attached hydrogen (secondary N) is 1. The summed E-state index contributed by atoms with van der Waals surface area (Å²) in [4.78, 5) is 5.28. The van der Waals surface area contributed by atoms with E-state index < -0.39 is 15.8 Å². The number of nitrogens with zero attached hydrogens (tertiary/aromatic N) is 2. The highest BCUT2D eigenvalue weighted by Gasteiger charge is 2.15. The smallest absolute Gasteiger partial charge is 0.261 e. The van der Waals surface area contributed by atoms with Crippen LogP contribution in [-0.2, 0) is 10.0 Å². The third-order valence-corrected chi connectivity index (χ3v) is 5.78. The normalized spacial score (nSPS) is 11.7. The van der Waals surface area contributed by atoms with E-state index in [9.17, 15) is 12.8 Å². The minimum absolute atomic E-state index is 0.120. The van der Waals surface area contributed by atoms with Gasteiger partial charge in [0.25, 0.3) is 10.0 Å². The molecule has 0 atom stereocenters. The van der Waals surface area contributed by atoms with Gasteiger partial charge in [-0.05, 0) is 30.3 Å². The van der Waals surface area contributed by atoms with Crippen LogP contribution in [0.15, 0.2) is 71.2 Å². The maximum absolute atomic E-state index is 13.2. The molecule has 0 saturated carbocycles. The predicted molar refractivity (Wildman–Crippen MR) is 95.7 cm³/mol. The molecule has 2 heterocycles. The fourth-order valence-electron chi connectivity index (χ4n) is 2.42. The van der Waals surface area contributed by atoms with Crippen molar-refractivity contribution in [3.8, 4) is 11.3 Å². The largest absolute Gasteiger partial charge is 0.297 e. The third-order valence-electron chi connectivity index (χ3n) is 3.63. The van der Waals surface area contributed by atoms with E-state index in [2.05, 4.69) is 9.71 Å². The monoisotopic (exact) mass is 373 g/mol. The van der Waals surface area contributed by atoms with Gasteiger partial charge in [-0.2, -0.15) is 0 Å². The standard InChI is InChI=1S/C17H12FN3O2S2/c18-13-2-1-3-15(10-13)25(22,23)20-14-6-4-12(5-7-14)16-11-21-8-9-24-17(21)19-16/h1-11,20H. The minimum Gasteiger partial charge on any atom is -0.297 e. The summed E-state index contributed by atoms with van der Waals surface area (Å²) in [5, 5.41) is 1.95. The molecule has 0 spiro atoms. The highest BCUT2D eigenvalue weighted by Crippen LogP contribution is 2.24. The van der Waals surface area contributed by atoms with Crippen LogP contribution in [0.3, 0.4) is 0 Å². The summed E-state index contributed by atoms with van der Waals surface area (Å²) in [5.41, 5.74) is 2.09. The van der Waals surface area contributed by atoms with E-state index in [1.165, 1.54) is 18.2 Å². The second kappa shape index (κ2) is 5.98. The third kappa shape index (κ3) is 3.13. The van der Waals surface area contributed by atoms with Crippen LogP contribution in [0, 0.1) is 5.82 Å². The van der Waals surface area contributed by atoms with Crippen molar-refractivity contribution >= 4 is 32.0 Å². The molecule has 2 aromatic carbocycles. The molecule has 2 aromatic heterocycles. The number of benzene rings is 2. The van der Waals surface area contributed by atoms with Gasteiger partial charge < -0.3 is 0 Å². The fraction of sp³-hybridized carbons (Fsp3) is 0. The summed E-state index contributed by atoms with van der Waals surface area (Å²) in [6, 6.07) is 11.8. The van der Waals surface area contributed by atoms with E-state index in [4.69, 9.17) is 0 Å². The number of halogens is 1. The van der Waals surface area contributed by atoms with Crippen molar-refractivity contribution in [1.82, 2.24) is 9.38 Å². The molecule has 0 aliphatic heterocycles. The molecule has 126 valence electrons. The van der Waals surface area contributed by atoms with Gasteiger partial charge in [0.05, 0.1) is 10.6 Å². The van der Waals surface area contributed by atoms with E-state index in [1.54, 1.807) is 35.6 Å². The number of hydrogen-bond donors (Lipinski definition) is 1. The Balaban J connectivity index is 1.59. The first-order valence-electron chi connectivity index (χ1n) is 7.32. The zero-order chi connectivity index (χ0) is 17.4. The summed E-state index contributed by atoms with van der Waals surface area (Å²) < 4.78 is 42.2. The number of rotatable bonds is 4. The Kier molecular flexibility index (Phi) is 3.78. The SMILES string of the molecule is O=S(=O)(Nc1ccc(-c2cn3ccsc3n2)cc1)c1cccc(F)c1. The number of thiazole rings is 1. The molecule has 4 aromatic rings. The van der Waals surface area contributed by atoms with Gasteiger partial charge in [0.2, 0.25) is 0 Å². The first kappa shape index (κ1) is 15.8. The average Bonchev–Trinajstić information content (AvgIpc) is 3.17. The van der Waals surface area contributed by atoms with E-state index in [-0.39, 0.29) is 4.90 Å². The van der Waals surface area contributed by atoms with Gasteiger partial charge in [-0.15, -0.1) is 11.3 Å². The molecule has 0 aliphatic rings. The highest BCUT2D eigenvalue weighted by molar-refractivity contribution is 7.92. The lowest BCUT2D eigenvalue weighted by molar-refractivity contribution is 0.595. The Morgan fingerprint density at radius 2 is 1.92 bits per heavy atom. The Morgan fingerprint density at radius 1 is 1.12 bits per heavy atom. The molecule has 0 fully saturated rings. The van der Waals surface area contributed by atoms with E-state index in [0.29, 0.717) is 5.69 Å². The zero-order valence-electron chi connectivity index (χ0n) is 12.8. The number of anilines is 1. The Bertz CT molecular complexity index is 1120. The van der Waals surface area contributed by atoms with Crippen molar-refractivity contribution in [1.29, 1.82) is 0 Å². The Hall–Kier alpha value is -2.71. The fourth-order valence-corrected chi connectivity index (χ4v) is 4.21. The maximum atomic E-state index is 13.2. The van der Waals surface area contributed by atoms with Crippen LogP contribution >= 0.6 is 11.3 Å². The van der Waals surface area contributed by atoms with Crippen LogP contribution in [0.25, 0.3) is 16.2 Å². The van der Waals surface area contributed by atoms with Crippen molar-refractivity contribution in [3.63, 3.8) is 0 Å². The molecule has 0 saturated heterocycles. The topological polar surface area (TPSA) is 63.5 Å². The van der Waals surface area contributed by atoms with Crippen LogP contribution in [0.1, 0.15) is 0 Å². The van der Waals surface area contributed by atoms with Gasteiger partial charge in [-0.3, -0.25) is 9.12 Å². The number of aromatic nitrogens is 2. The molecular weight excluding hydrogens is 361 g/mol. The van der Waals surface area contributed by atoms with E-state index in [1.807, 2.05) is 22.2 Å². The first-order chi connectivity index (χ1) is 12.0. The first-order valence-corrected chi connectivity index (χ1v) is 9.69. The molecule has 1 N–H and O–H groups in total. The van der Waals surface area contributed by atoms with Gasteiger partial charge in [0.1, 0.15) is 5.82 Å². The molecule has 5 nitrogen and oxygen atoms in total. The van der Waals surface area contributed by atoms with Crippen LogP contribution in [0.5, 0.6) is 0 Å². The quantitative estimate of drug-likeness (QED) is 0.588. The lowest BCUT2D eigenvalue weighted by atomic mass is 10.1. The molecule has 25 heavy (non-hydrogen) atoms. The number of hydrogen-bond acceptors (Lipinski definition) is 4.